The first kappa shape index (κ1) is 21.5. The monoisotopic (exact) mass is 468 g/mol. The van der Waals surface area contributed by atoms with E-state index in [1.807, 2.05) is 0 Å². The predicted octanol–water partition coefficient (Wildman–Crippen LogP) is 5.83. The van der Waals surface area contributed by atoms with Gasteiger partial charge in [0.15, 0.2) is 0 Å². The van der Waals surface area contributed by atoms with Gasteiger partial charge in [-0.3, -0.25) is 10.1 Å². The first-order valence-corrected chi connectivity index (χ1v) is 10.1. The Bertz CT molecular complexity index is 1270. The highest BCUT2D eigenvalue weighted by molar-refractivity contribution is 6.35. The van der Waals surface area contributed by atoms with E-state index in [0.717, 1.165) is 5.56 Å². The SMILES string of the molecule is O=C1ON=C(c2cccc([N+](=O)[O-])c2)/C1=C/c1ccc(OCc2ccc(Cl)cc2Cl)cc1. The van der Waals surface area contributed by atoms with Crippen molar-refractivity contribution in [2.75, 3.05) is 0 Å². The zero-order chi connectivity index (χ0) is 22.7. The van der Waals surface area contributed by atoms with Gasteiger partial charge in [-0.05, 0) is 35.9 Å². The molecule has 0 saturated heterocycles. The van der Waals surface area contributed by atoms with Crippen LogP contribution in [0.4, 0.5) is 5.69 Å². The number of rotatable bonds is 6. The van der Waals surface area contributed by atoms with Crippen molar-refractivity contribution in [3.8, 4) is 5.75 Å². The van der Waals surface area contributed by atoms with Gasteiger partial charge in [0.05, 0.1) is 10.5 Å². The van der Waals surface area contributed by atoms with E-state index in [0.29, 0.717) is 26.9 Å². The molecule has 3 aromatic rings. The van der Waals surface area contributed by atoms with Crippen molar-refractivity contribution in [3.63, 3.8) is 0 Å². The van der Waals surface area contributed by atoms with E-state index in [1.54, 1.807) is 54.6 Å². The quantitative estimate of drug-likeness (QED) is 0.196. The van der Waals surface area contributed by atoms with Crippen molar-refractivity contribution in [2.24, 2.45) is 5.16 Å². The van der Waals surface area contributed by atoms with Crippen molar-refractivity contribution < 1.29 is 19.3 Å². The number of ether oxygens (including phenoxy) is 1. The molecule has 32 heavy (non-hydrogen) atoms. The second-order valence-electron chi connectivity index (χ2n) is 6.78. The summed E-state index contributed by atoms with van der Waals surface area (Å²) >= 11 is 12.1. The van der Waals surface area contributed by atoms with Gasteiger partial charge in [0.1, 0.15) is 18.1 Å². The number of nitro benzene ring substituents is 1. The summed E-state index contributed by atoms with van der Waals surface area (Å²) in [6.07, 6.45) is 1.60. The van der Waals surface area contributed by atoms with Crippen LogP contribution in [0.3, 0.4) is 0 Å². The Morgan fingerprint density at radius 3 is 2.56 bits per heavy atom. The molecule has 0 amide bonds. The molecule has 4 rings (SSSR count). The maximum atomic E-state index is 12.2. The van der Waals surface area contributed by atoms with Gasteiger partial charge in [0.25, 0.3) is 5.69 Å². The number of non-ortho nitro benzene ring substituents is 1. The van der Waals surface area contributed by atoms with Gasteiger partial charge in [0, 0.05) is 33.3 Å². The fourth-order valence-corrected chi connectivity index (χ4v) is 3.47. The second-order valence-corrected chi connectivity index (χ2v) is 7.62. The molecule has 1 heterocycles. The molecular weight excluding hydrogens is 455 g/mol. The van der Waals surface area contributed by atoms with Gasteiger partial charge in [-0.25, -0.2) is 4.79 Å². The Labute approximate surface area is 192 Å². The molecule has 0 aliphatic carbocycles. The lowest BCUT2D eigenvalue weighted by Crippen LogP contribution is -2.07. The van der Waals surface area contributed by atoms with Crippen LogP contribution in [0.2, 0.25) is 10.0 Å². The van der Waals surface area contributed by atoms with Crippen LogP contribution in [0, 0.1) is 10.1 Å². The van der Waals surface area contributed by atoms with E-state index in [1.165, 1.54) is 18.2 Å². The molecule has 0 fully saturated rings. The molecule has 0 atom stereocenters. The van der Waals surface area contributed by atoms with Gasteiger partial charge >= 0.3 is 5.97 Å². The molecule has 9 heteroatoms. The fraction of sp³-hybridized carbons (Fsp3) is 0.0435. The highest BCUT2D eigenvalue weighted by Crippen LogP contribution is 2.25. The van der Waals surface area contributed by atoms with Crippen LogP contribution in [-0.4, -0.2) is 16.6 Å². The molecule has 7 nitrogen and oxygen atoms in total. The summed E-state index contributed by atoms with van der Waals surface area (Å²) in [5, 5.41) is 15.9. The maximum absolute atomic E-state index is 12.2. The van der Waals surface area contributed by atoms with Crippen LogP contribution in [0.15, 0.2) is 77.5 Å². The average Bonchev–Trinajstić information content (AvgIpc) is 3.14. The Morgan fingerprint density at radius 1 is 1.06 bits per heavy atom. The Kier molecular flexibility index (Phi) is 6.20. The zero-order valence-corrected chi connectivity index (χ0v) is 17.8. The van der Waals surface area contributed by atoms with E-state index >= 15 is 0 Å². The smallest absolute Gasteiger partial charge is 0.368 e. The molecular formula is C23H14Cl2N2O5. The number of hydrogen-bond donors (Lipinski definition) is 0. The van der Waals surface area contributed by atoms with Crippen LogP contribution in [-0.2, 0) is 16.2 Å². The van der Waals surface area contributed by atoms with E-state index in [-0.39, 0.29) is 23.6 Å². The second kappa shape index (κ2) is 9.21. The summed E-state index contributed by atoms with van der Waals surface area (Å²) in [4.78, 5) is 27.5. The number of halogens is 2. The van der Waals surface area contributed by atoms with Crippen LogP contribution < -0.4 is 4.74 Å². The summed E-state index contributed by atoms with van der Waals surface area (Å²) in [6, 6.07) is 18.1. The lowest BCUT2D eigenvalue weighted by atomic mass is 10.0. The third-order valence-corrected chi connectivity index (χ3v) is 5.21. The largest absolute Gasteiger partial charge is 0.489 e. The highest BCUT2D eigenvalue weighted by atomic mass is 35.5. The van der Waals surface area contributed by atoms with Crippen molar-refractivity contribution in [1.29, 1.82) is 0 Å². The minimum Gasteiger partial charge on any atom is -0.489 e. The van der Waals surface area contributed by atoms with Crippen molar-refractivity contribution in [1.82, 2.24) is 0 Å². The lowest BCUT2D eigenvalue weighted by molar-refractivity contribution is -0.384. The van der Waals surface area contributed by atoms with E-state index in [9.17, 15) is 14.9 Å². The molecule has 0 aromatic heterocycles. The number of nitrogens with zero attached hydrogens (tertiary/aromatic N) is 2. The number of oxime groups is 1. The first-order chi connectivity index (χ1) is 15.4. The average molecular weight is 469 g/mol. The van der Waals surface area contributed by atoms with E-state index in [2.05, 4.69) is 5.16 Å². The van der Waals surface area contributed by atoms with Crippen molar-refractivity contribution in [2.45, 2.75) is 6.61 Å². The summed E-state index contributed by atoms with van der Waals surface area (Å²) in [7, 11) is 0. The van der Waals surface area contributed by atoms with Gasteiger partial charge < -0.3 is 9.57 Å². The molecule has 3 aromatic carbocycles. The van der Waals surface area contributed by atoms with Crippen LogP contribution in [0.5, 0.6) is 5.75 Å². The molecule has 0 saturated carbocycles. The minimum atomic E-state index is -0.635. The standard InChI is InChI=1S/C23H14Cl2N2O5/c24-17-7-6-16(21(25)12-17)13-31-19-8-4-14(5-9-19)10-20-22(26-32-23(20)28)15-2-1-3-18(11-15)27(29)30/h1-12H,13H2/b20-10-. The van der Waals surface area contributed by atoms with Crippen LogP contribution in [0.1, 0.15) is 16.7 Å². The summed E-state index contributed by atoms with van der Waals surface area (Å²) in [6.45, 7) is 0.270. The minimum absolute atomic E-state index is 0.105. The van der Waals surface area contributed by atoms with E-state index < -0.39 is 10.9 Å². The van der Waals surface area contributed by atoms with Crippen molar-refractivity contribution in [3.05, 3.63) is 109 Å². The molecule has 0 N–H and O–H groups in total. The number of hydrogen-bond acceptors (Lipinski definition) is 6. The molecule has 1 aliphatic rings. The number of nitro groups is 1. The van der Waals surface area contributed by atoms with Gasteiger partial charge in [0.2, 0.25) is 0 Å². The molecule has 0 radical (unpaired) electrons. The highest BCUT2D eigenvalue weighted by Gasteiger charge is 2.27. The maximum Gasteiger partial charge on any atom is 0.368 e. The first-order valence-electron chi connectivity index (χ1n) is 9.34. The number of carbonyl (C=O) groups is 1. The molecule has 0 bridgehead atoms. The fourth-order valence-electron chi connectivity index (χ4n) is 3.01. The number of carbonyl (C=O) groups excluding carboxylic acids is 1. The van der Waals surface area contributed by atoms with Crippen molar-refractivity contribution >= 4 is 46.6 Å². The topological polar surface area (TPSA) is 91.0 Å². The van der Waals surface area contributed by atoms with Gasteiger partial charge in [-0.2, -0.15) is 0 Å². The Morgan fingerprint density at radius 2 is 1.84 bits per heavy atom. The van der Waals surface area contributed by atoms with Crippen LogP contribution >= 0.6 is 23.2 Å². The zero-order valence-electron chi connectivity index (χ0n) is 16.3. The predicted molar refractivity (Wildman–Crippen MR) is 121 cm³/mol. The number of benzene rings is 3. The molecule has 160 valence electrons. The van der Waals surface area contributed by atoms with E-state index in [4.69, 9.17) is 32.8 Å². The molecule has 0 spiro atoms. The molecule has 0 unspecified atom stereocenters. The third-order valence-electron chi connectivity index (χ3n) is 4.63. The third kappa shape index (κ3) is 4.80. The van der Waals surface area contributed by atoms with Gasteiger partial charge in [-0.1, -0.05) is 58.7 Å². The summed E-state index contributed by atoms with van der Waals surface area (Å²) in [5.41, 5.74) is 2.24. The summed E-state index contributed by atoms with van der Waals surface area (Å²) in [5.74, 6) is -0.0241. The normalized spacial score (nSPS) is 14.2. The van der Waals surface area contributed by atoms with Crippen LogP contribution in [0.25, 0.3) is 6.08 Å². The van der Waals surface area contributed by atoms with Gasteiger partial charge in [-0.15, -0.1) is 0 Å². The Balaban J connectivity index is 1.51. The Hall–Kier alpha value is -3.68. The summed E-state index contributed by atoms with van der Waals surface area (Å²) < 4.78 is 5.76. The molecule has 1 aliphatic heterocycles. The lowest BCUT2D eigenvalue weighted by Gasteiger charge is -2.08.